The van der Waals surface area contributed by atoms with Crippen molar-refractivity contribution in [3.05, 3.63) is 59.7 Å². The minimum atomic E-state index is -0.481. The van der Waals surface area contributed by atoms with Crippen molar-refractivity contribution in [2.45, 2.75) is 13.0 Å². The van der Waals surface area contributed by atoms with Crippen LogP contribution < -0.4 is 5.32 Å². The fourth-order valence-corrected chi connectivity index (χ4v) is 1.76. The van der Waals surface area contributed by atoms with Gasteiger partial charge in [0.1, 0.15) is 17.4 Å². The van der Waals surface area contributed by atoms with Crippen LogP contribution in [0, 0.1) is 11.6 Å². The second-order valence-electron chi connectivity index (χ2n) is 4.08. The number of aromatic hydroxyl groups is 1. The zero-order chi connectivity index (χ0) is 13.1. The van der Waals surface area contributed by atoms with Crippen molar-refractivity contribution in [2.24, 2.45) is 0 Å². The van der Waals surface area contributed by atoms with Gasteiger partial charge in [-0.15, -0.1) is 0 Å². The molecule has 2 rings (SSSR count). The molecule has 0 saturated carbocycles. The van der Waals surface area contributed by atoms with Gasteiger partial charge in [0.2, 0.25) is 0 Å². The lowest BCUT2D eigenvalue weighted by molar-refractivity contribution is 0.459. The Hall–Kier alpha value is -2.10. The molecule has 0 radical (unpaired) electrons. The van der Waals surface area contributed by atoms with E-state index in [1.807, 2.05) is 6.92 Å². The average Bonchev–Trinajstić information content (AvgIpc) is 2.32. The summed E-state index contributed by atoms with van der Waals surface area (Å²) in [6, 6.07) is 9.57. The quantitative estimate of drug-likeness (QED) is 0.866. The first-order valence-corrected chi connectivity index (χ1v) is 5.57. The van der Waals surface area contributed by atoms with Crippen LogP contribution in [-0.2, 0) is 0 Å². The first kappa shape index (κ1) is 12.4. The van der Waals surface area contributed by atoms with E-state index in [2.05, 4.69) is 5.32 Å². The fraction of sp³-hybridized carbons (Fsp3) is 0.143. The molecule has 4 heteroatoms. The molecule has 0 saturated heterocycles. The summed E-state index contributed by atoms with van der Waals surface area (Å²) in [6.45, 7) is 1.83. The van der Waals surface area contributed by atoms with Crippen molar-refractivity contribution in [3.8, 4) is 5.75 Å². The summed E-state index contributed by atoms with van der Waals surface area (Å²) in [5, 5.41) is 12.7. The minimum Gasteiger partial charge on any atom is -0.507 e. The van der Waals surface area contributed by atoms with E-state index in [1.54, 1.807) is 12.1 Å². The predicted molar refractivity (Wildman–Crippen MR) is 66.5 cm³/mol. The molecule has 0 fully saturated rings. The van der Waals surface area contributed by atoms with Crippen LogP contribution in [0.3, 0.4) is 0 Å². The Balaban J connectivity index is 2.16. The molecule has 2 aromatic rings. The lowest BCUT2D eigenvalue weighted by Crippen LogP contribution is -2.06. The number of anilines is 1. The number of rotatable bonds is 3. The van der Waals surface area contributed by atoms with Gasteiger partial charge in [-0.05, 0) is 37.3 Å². The smallest absolute Gasteiger partial charge is 0.126 e. The third-order valence-electron chi connectivity index (χ3n) is 2.69. The molecule has 0 spiro atoms. The van der Waals surface area contributed by atoms with Gasteiger partial charge in [0.25, 0.3) is 0 Å². The summed E-state index contributed by atoms with van der Waals surface area (Å²) in [5.74, 6) is -0.889. The van der Waals surface area contributed by atoms with Gasteiger partial charge in [0, 0.05) is 17.3 Å². The summed E-state index contributed by atoms with van der Waals surface area (Å²) in [6.07, 6.45) is 0. The number of hydrogen-bond donors (Lipinski definition) is 2. The highest BCUT2D eigenvalue weighted by Crippen LogP contribution is 2.27. The van der Waals surface area contributed by atoms with E-state index in [4.69, 9.17) is 0 Å². The Morgan fingerprint density at radius 3 is 2.22 bits per heavy atom. The Morgan fingerprint density at radius 1 is 1.00 bits per heavy atom. The van der Waals surface area contributed by atoms with Crippen molar-refractivity contribution in [2.75, 3.05) is 5.32 Å². The summed E-state index contributed by atoms with van der Waals surface area (Å²) in [7, 11) is 0. The van der Waals surface area contributed by atoms with Gasteiger partial charge in [-0.3, -0.25) is 0 Å². The summed E-state index contributed by atoms with van der Waals surface area (Å²) in [4.78, 5) is 0. The highest BCUT2D eigenvalue weighted by atomic mass is 19.1. The lowest BCUT2D eigenvalue weighted by atomic mass is 10.1. The number of hydrogen-bond acceptors (Lipinski definition) is 2. The van der Waals surface area contributed by atoms with Gasteiger partial charge in [0.05, 0.1) is 6.04 Å². The maximum absolute atomic E-state index is 12.9. The van der Waals surface area contributed by atoms with Gasteiger partial charge in [-0.2, -0.15) is 0 Å². The molecule has 0 bridgehead atoms. The van der Waals surface area contributed by atoms with Gasteiger partial charge >= 0.3 is 0 Å². The van der Waals surface area contributed by atoms with Crippen LogP contribution in [0.1, 0.15) is 18.5 Å². The molecule has 1 unspecified atom stereocenters. The molecule has 0 heterocycles. The molecule has 0 aliphatic rings. The van der Waals surface area contributed by atoms with Crippen LogP contribution >= 0.6 is 0 Å². The van der Waals surface area contributed by atoms with Crippen molar-refractivity contribution in [3.63, 3.8) is 0 Å². The van der Waals surface area contributed by atoms with E-state index in [0.29, 0.717) is 5.56 Å². The van der Waals surface area contributed by atoms with Crippen LogP contribution in [0.15, 0.2) is 42.5 Å². The molecule has 0 aromatic heterocycles. The SMILES string of the molecule is CC(Nc1ccc(F)cc1)c1ccc(F)cc1O. The fourth-order valence-electron chi connectivity index (χ4n) is 1.76. The zero-order valence-corrected chi connectivity index (χ0v) is 9.82. The van der Waals surface area contributed by atoms with Crippen LogP contribution in [-0.4, -0.2) is 5.11 Å². The Kier molecular flexibility index (Phi) is 3.46. The highest BCUT2D eigenvalue weighted by Gasteiger charge is 2.10. The van der Waals surface area contributed by atoms with Crippen LogP contribution in [0.2, 0.25) is 0 Å². The lowest BCUT2D eigenvalue weighted by Gasteiger charge is -2.16. The van der Waals surface area contributed by atoms with Crippen LogP contribution in [0.4, 0.5) is 14.5 Å². The topological polar surface area (TPSA) is 32.3 Å². The van der Waals surface area contributed by atoms with E-state index in [9.17, 15) is 13.9 Å². The van der Waals surface area contributed by atoms with Crippen molar-refractivity contribution in [1.82, 2.24) is 0 Å². The monoisotopic (exact) mass is 249 g/mol. The molecule has 2 aromatic carbocycles. The molecule has 0 amide bonds. The first-order chi connectivity index (χ1) is 8.56. The van der Waals surface area contributed by atoms with Gasteiger partial charge in [-0.25, -0.2) is 8.78 Å². The van der Waals surface area contributed by atoms with E-state index in [0.717, 1.165) is 11.8 Å². The second-order valence-corrected chi connectivity index (χ2v) is 4.08. The number of nitrogens with one attached hydrogen (secondary N) is 1. The van der Waals surface area contributed by atoms with E-state index >= 15 is 0 Å². The maximum Gasteiger partial charge on any atom is 0.126 e. The standard InChI is InChI=1S/C14H13F2NO/c1-9(13-7-4-11(16)8-14(13)18)17-12-5-2-10(15)3-6-12/h2-9,17-18H,1H3. The summed E-state index contributed by atoms with van der Waals surface area (Å²) >= 11 is 0. The normalized spacial score (nSPS) is 12.2. The van der Waals surface area contributed by atoms with E-state index < -0.39 is 5.82 Å². The minimum absolute atomic E-state index is 0.0999. The second kappa shape index (κ2) is 5.04. The van der Waals surface area contributed by atoms with E-state index in [-0.39, 0.29) is 17.6 Å². The number of phenols is 1. The number of phenolic OH excluding ortho intramolecular Hbond substituents is 1. The third kappa shape index (κ3) is 2.77. The molecular weight excluding hydrogens is 236 g/mol. The summed E-state index contributed by atoms with van der Waals surface area (Å²) < 4.78 is 25.6. The van der Waals surface area contributed by atoms with Crippen LogP contribution in [0.5, 0.6) is 5.75 Å². The Bertz CT molecular complexity index is 540. The van der Waals surface area contributed by atoms with Gasteiger partial charge in [0.15, 0.2) is 0 Å². The molecule has 2 N–H and O–H groups in total. The molecule has 94 valence electrons. The predicted octanol–water partition coefficient (Wildman–Crippen LogP) is 3.84. The third-order valence-corrected chi connectivity index (χ3v) is 2.69. The van der Waals surface area contributed by atoms with E-state index in [1.165, 1.54) is 24.3 Å². The van der Waals surface area contributed by atoms with Crippen molar-refractivity contribution in [1.29, 1.82) is 0 Å². The molecular formula is C14H13F2NO. The molecule has 1 atom stereocenters. The largest absolute Gasteiger partial charge is 0.507 e. The molecule has 0 aliphatic carbocycles. The molecule has 18 heavy (non-hydrogen) atoms. The number of benzene rings is 2. The Morgan fingerprint density at radius 2 is 1.61 bits per heavy atom. The molecule has 2 nitrogen and oxygen atoms in total. The van der Waals surface area contributed by atoms with Crippen molar-refractivity contribution < 1.29 is 13.9 Å². The van der Waals surface area contributed by atoms with Gasteiger partial charge in [-0.1, -0.05) is 6.07 Å². The Labute approximate surface area is 104 Å². The maximum atomic E-state index is 12.9. The first-order valence-electron chi connectivity index (χ1n) is 5.57. The molecule has 0 aliphatic heterocycles. The van der Waals surface area contributed by atoms with Crippen LogP contribution in [0.25, 0.3) is 0 Å². The average molecular weight is 249 g/mol. The van der Waals surface area contributed by atoms with Gasteiger partial charge < -0.3 is 10.4 Å². The highest BCUT2D eigenvalue weighted by molar-refractivity contribution is 5.47. The zero-order valence-electron chi connectivity index (χ0n) is 9.82. The van der Waals surface area contributed by atoms with Crippen molar-refractivity contribution >= 4 is 5.69 Å². The summed E-state index contributed by atoms with van der Waals surface area (Å²) in [5.41, 5.74) is 1.31. The number of halogens is 2.